The molecule has 0 fully saturated rings. The summed E-state index contributed by atoms with van der Waals surface area (Å²) in [5, 5.41) is 6.73. The molecule has 0 radical (unpaired) electrons. The Labute approximate surface area is 151 Å². The molecule has 0 aliphatic carbocycles. The number of nitrogens with zero attached hydrogens (tertiary/aromatic N) is 3. The maximum atomic E-state index is 13.6. The first kappa shape index (κ1) is 17.1. The highest BCUT2D eigenvalue weighted by molar-refractivity contribution is 9.10. The summed E-state index contributed by atoms with van der Waals surface area (Å²) in [6.07, 6.45) is 3.11. The van der Waals surface area contributed by atoms with Crippen LogP contribution in [0, 0.1) is 5.82 Å². The predicted octanol–water partition coefficient (Wildman–Crippen LogP) is 3.25. The number of hydrogen-bond acceptors (Lipinski definition) is 4. The smallest absolute Gasteiger partial charge is 0.262 e. The lowest BCUT2D eigenvalue weighted by Crippen LogP contribution is -2.20. The molecule has 0 aliphatic rings. The summed E-state index contributed by atoms with van der Waals surface area (Å²) in [6, 6.07) is 11.7. The van der Waals surface area contributed by atoms with Crippen LogP contribution in [0.15, 0.2) is 59.6 Å². The molecule has 3 rings (SSSR count). The number of hydrogen-bond donors (Lipinski definition) is 1. The van der Waals surface area contributed by atoms with E-state index in [0.29, 0.717) is 16.7 Å². The van der Waals surface area contributed by atoms with E-state index >= 15 is 0 Å². The quantitative estimate of drug-likeness (QED) is 0.684. The molecule has 6 nitrogen and oxygen atoms in total. The molecule has 128 valence electrons. The normalized spacial score (nSPS) is 10.5. The van der Waals surface area contributed by atoms with E-state index < -0.39 is 5.82 Å². The Morgan fingerprint density at radius 2 is 2.04 bits per heavy atom. The zero-order valence-electron chi connectivity index (χ0n) is 13.0. The highest BCUT2D eigenvalue weighted by atomic mass is 79.9. The van der Waals surface area contributed by atoms with Crippen molar-refractivity contribution in [3.63, 3.8) is 0 Å². The number of benzene rings is 2. The van der Waals surface area contributed by atoms with E-state index in [9.17, 15) is 9.18 Å². The van der Waals surface area contributed by atoms with Crippen molar-refractivity contribution < 1.29 is 13.9 Å². The van der Waals surface area contributed by atoms with Crippen LogP contribution in [0.5, 0.6) is 5.75 Å². The van der Waals surface area contributed by atoms with Crippen LogP contribution in [-0.2, 0) is 11.3 Å². The van der Waals surface area contributed by atoms with Crippen LogP contribution >= 0.6 is 15.9 Å². The average Bonchev–Trinajstić information content (AvgIpc) is 3.09. The zero-order chi connectivity index (χ0) is 17.6. The Morgan fingerprint density at radius 1 is 1.24 bits per heavy atom. The van der Waals surface area contributed by atoms with Crippen LogP contribution in [0.2, 0.25) is 0 Å². The molecule has 0 saturated carbocycles. The van der Waals surface area contributed by atoms with Gasteiger partial charge in [0.15, 0.2) is 18.2 Å². The van der Waals surface area contributed by atoms with Gasteiger partial charge in [0, 0.05) is 10.2 Å². The molecule has 1 N–H and O–H groups in total. The van der Waals surface area contributed by atoms with Gasteiger partial charge in [0.25, 0.3) is 5.91 Å². The van der Waals surface area contributed by atoms with Crippen molar-refractivity contribution in [1.82, 2.24) is 14.8 Å². The first-order valence-electron chi connectivity index (χ1n) is 7.39. The van der Waals surface area contributed by atoms with Crippen LogP contribution in [0.4, 0.5) is 10.1 Å². The minimum Gasteiger partial charge on any atom is -0.481 e. The van der Waals surface area contributed by atoms with Crippen molar-refractivity contribution in [2.45, 2.75) is 6.54 Å². The third-order valence-electron chi connectivity index (χ3n) is 3.30. The van der Waals surface area contributed by atoms with Gasteiger partial charge in [0.1, 0.15) is 12.7 Å². The van der Waals surface area contributed by atoms with Crippen LogP contribution in [0.25, 0.3) is 0 Å². The summed E-state index contributed by atoms with van der Waals surface area (Å²) in [6.45, 7) is 0.319. The molecule has 0 bridgehead atoms. The third kappa shape index (κ3) is 4.87. The summed E-state index contributed by atoms with van der Waals surface area (Å²) < 4.78 is 21.1. The molecule has 1 heterocycles. The Balaban J connectivity index is 1.52. The van der Waals surface area contributed by atoms with Gasteiger partial charge in [-0.25, -0.2) is 14.1 Å². The standard InChI is InChI=1S/C17H14BrFN4O2/c18-13-3-6-16(15(19)7-13)25-9-17(24)22-14-4-1-12(2-5-14)8-23-11-20-10-21-23/h1-7,10-11H,8-9H2,(H,22,24). The number of carbonyl (C=O) groups excluding carboxylic acids is 1. The van der Waals surface area contributed by atoms with Gasteiger partial charge >= 0.3 is 0 Å². The van der Waals surface area contributed by atoms with E-state index in [-0.39, 0.29) is 18.3 Å². The van der Waals surface area contributed by atoms with Crippen LogP contribution in [0.3, 0.4) is 0 Å². The zero-order valence-corrected chi connectivity index (χ0v) is 14.6. The molecule has 1 aromatic heterocycles. The van der Waals surface area contributed by atoms with Crippen molar-refractivity contribution in [3.8, 4) is 5.75 Å². The number of anilines is 1. The summed E-state index contributed by atoms with van der Waals surface area (Å²) in [5.41, 5.74) is 1.66. The van der Waals surface area contributed by atoms with Gasteiger partial charge in [-0.15, -0.1) is 0 Å². The number of carbonyl (C=O) groups is 1. The van der Waals surface area contributed by atoms with Gasteiger partial charge in [-0.3, -0.25) is 4.79 Å². The fourth-order valence-electron chi connectivity index (χ4n) is 2.13. The average molecular weight is 405 g/mol. The fourth-order valence-corrected chi connectivity index (χ4v) is 2.46. The van der Waals surface area contributed by atoms with Crippen LogP contribution in [0.1, 0.15) is 5.56 Å². The molecule has 0 saturated heterocycles. The number of halogens is 2. The summed E-state index contributed by atoms with van der Waals surface area (Å²) in [5.74, 6) is -0.868. The highest BCUT2D eigenvalue weighted by Crippen LogP contribution is 2.21. The molecule has 8 heteroatoms. The van der Waals surface area contributed by atoms with Crippen molar-refractivity contribution in [1.29, 1.82) is 0 Å². The second-order valence-electron chi connectivity index (χ2n) is 5.20. The van der Waals surface area contributed by atoms with Crippen LogP contribution in [-0.4, -0.2) is 27.3 Å². The van der Waals surface area contributed by atoms with Crippen molar-refractivity contribution in [2.75, 3.05) is 11.9 Å². The topological polar surface area (TPSA) is 69.0 Å². The second-order valence-corrected chi connectivity index (χ2v) is 6.12. The Bertz CT molecular complexity index is 854. The van der Waals surface area contributed by atoms with E-state index in [1.165, 1.54) is 18.5 Å². The fraction of sp³-hybridized carbons (Fsp3) is 0.118. The largest absolute Gasteiger partial charge is 0.481 e. The minimum atomic E-state index is -0.528. The van der Waals surface area contributed by atoms with Gasteiger partial charge < -0.3 is 10.1 Å². The first-order chi connectivity index (χ1) is 12.1. The Morgan fingerprint density at radius 3 is 2.72 bits per heavy atom. The number of ether oxygens (including phenoxy) is 1. The number of amides is 1. The Hall–Kier alpha value is -2.74. The van der Waals surface area contributed by atoms with Crippen LogP contribution < -0.4 is 10.1 Å². The van der Waals surface area contributed by atoms with Gasteiger partial charge in [-0.05, 0) is 35.9 Å². The van der Waals surface area contributed by atoms with E-state index in [1.807, 2.05) is 12.1 Å². The number of aromatic nitrogens is 3. The predicted molar refractivity (Wildman–Crippen MR) is 93.8 cm³/mol. The molecule has 1 amide bonds. The van der Waals surface area contributed by atoms with E-state index in [2.05, 4.69) is 31.3 Å². The summed E-state index contributed by atoms with van der Waals surface area (Å²) in [7, 11) is 0. The Kier molecular flexibility index (Phi) is 5.39. The second kappa shape index (κ2) is 7.89. The molecular formula is C17H14BrFN4O2. The van der Waals surface area contributed by atoms with E-state index in [0.717, 1.165) is 5.56 Å². The van der Waals surface area contributed by atoms with E-state index in [4.69, 9.17) is 4.74 Å². The van der Waals surface area contributed by atoms with Gasteiger partial charge in [0.05, 0.1) is 6.54 Å². The molecule has 2 aromatic carbocycles. The molecule has 3 aromatic rings. The molecule has 25 heavy (non-hydrogen) atoms. The minimum absolute atomic E-state index is 0.0292. The van der Waals surface area contributed by atoms with Crippen molar-refractivity contribution in [3.05, 3.63) is 71.0 Å². The lowest BCUT2D eigenvalue weighted by molar-refractivity contribution is -0.118. The molecule has 0 unspecified atom stereocenters. The van der Waals surface area contributed by atoms with E-state index in [1.54, 1.807) is 29.2 Å². The molecular weight excluding hydrogens is 391 g/mol. The molecule has 0 atom stereocenters. The van der Waals surface area contributed by atoms with Gasteiger partial charge in [-0.1, -0.05) is 28.1 Å². The molecule has 0 spiro atoms. The third-order valence-corrected chi connectivity index (χ3v) is 3.79. The molecule has 0 aliphatic heterocycles. The first-order valence-corrected chi connectivity index (χ1v) is 8.18. The van der Waals surface area contributed by atoms with Gasteiger partial charge in [-0.2, -0.15) is 5.10 Å². The lowest BCUT2D eigenvalue weighted by Gasteiger charge is -2.09. The summed E-state index contributed by atoms with van der Waals surface area (Å²) >= 11 is 3.16. The van der Waals surface area contributed by atoms with Gasteiger partial charge in [0.2, 0.25) is 0 Å². The maximum Gasteiger partial charge on any atom is 0.262 e. The summed E-state index contributed by atoms with van der Waals surface area (Å²) in [4.78, 5) is 15.8. The monoisotopic (exact) mass is 404 g/mol. The number of rotatable bonds is 6. The SMILES string of the molecule is O=C(COc1ccc(Br)cc1F)Nc1ccc(Cn2cncn2)cc1. The lowest BCUT2D eigenvalue weighted by atomic mass is 10.2. The van der Waals surface area contributed by atoms with Crippen molar-refractivity contribution in [2.24, 2.45) is 0 Å². The van der Waals surface area contributed by atoms with Crippen molar-refractivity contribution >= 4 is 27.5 Å². The maximum absolute atomic E-state index is 13.6. The highest BCUT2D eigenvalue weighted by Gasteiger charge is 2.08. The number of nitrogens with one attached hydrogen (secondary N) is 1.